The molecule has 5 heteroatoms. The maximum Gasteiger partial charge on any atom is 0.229 e. The second-order valence-electron chi connectivity index (χ2n) is 5.31. The SMILES string of the molecule is O=C(C1CC1(Cl)Cl)N(Cc1ccccc1F)C1CC1. The summed E-state index contributed by atoms with van der Waals surface area (Å²) in [7, 11) is 0. The number of benzene rings is 1. The Bertz CT molecular complexity index is 516. The Hall–Kier alpha value is -0.800. The van der Waals surface area contributed by atoms with Gasteiger partial charge in [-0.15, -0.1) is 23.2 Å². The first-order valence-electron chi connectivity index (χ1n) is 6.41. The predicted molar refractivity (Wildman–Crippen MR) is 72.5 cm³/mol. The molecule has 1 amide bonds. The van der Waals surface area contributed by atoms with Crippen molar-refractivity contribution in [1.82, 2.24) is 4.90 Å². The highest BCUT2D eigenvalue weighted by atomic mass is 35.5. The van der Waals surface area contributed by atoms with Gasteiger partial charge in [-0.3, -0.25) is 4.79 Å². The second-order valence-corrected chi connectivity index (χ2v) is 6.85. The minimum absolute atomic E-state index is 0.0456. The van der Waals surface area contributed by atoms with Crippen LogP contribution in [0.25, 0.3) is 0 Å². The Morgan fingerprint density at radius 3 is 2.53 bits per heavy atom. The van der Waals surface area contributed by atoms with Gasteiger partial charge in [0.2, 0.25) is 5.91 Å². The zero-order chi connectivity index (χ0) is 13.6. The molecule has 0 N–H and O–H groups in total. The molecule has 0 heterocycles. The van der Waals surface area contributed by atoms with Gasteiger partial charge in [0, 0.05) is 18.2 Å². The molecule has 0 saturated heterocycles. The molecule has 1 aromatic carbocycles. The fraction of sp³-hybridized carbons (Fsp3) is 0.500. The second kappa shape index (κ2) is 4.64. The first-order chi connectivity index (χ1) is 8.99. The third kappa shape index (κ3) is 2.72. The number of hydrogen-bond acceptors (Lipinski definition) is 1. The molecule has 2 aliphatic carbocycles. The maximum absolute atomic E-state index is 13.7. The highest BCUT2D eigenvalue weighted by molar-refractivity contribution is 6.52. The van der Waals surface area contributed by atoms with E-state index >= 15 is 0 Å². The van der Waals surface area contributed by atoms with Crippen LogP contribution in [0.2, 0.25) is 0 Å². The van der Waals surface area contributed by atoms with Gasteiger partial charge in [-0.1, -0.05) is 18.2 Å². The van der Waals surface area contributed by atoms with Crippen molar-refractivity contribution in [2.45, 2.75) is 36.2 Å². The molecule has 2 saturated carbocycles. The van der Waals surface area contributed by atoms with Crippen LogP contribution in [0.3, 0.4) is 0 Å². The van der Waals surface area contributed by atoms with E-state index in [0.29, 0.717) is 18.5 Å². The van der Waals surface area contributed by atoms with Gasteiger partial charge >= 0.3 is 0 Å². The quantitative estimate of drug-likeness (QED) is 0.779. The van der Waals surface area contributed by atoms with Crippen LogP contribution < -0.4 is 0 Å². The summed E-state index contributed by atoms with van der Waals surface area (Å²) >= 11 is 11.9. The zero-order valence-corrected chi connectivity index (χ0v) is 11.8. The molecule has 19 heavy (non-hydrogen) atoms. The van der Waals surface area contributed by atoms with Gasteiger partial charge in [0.05, 0.1) is 5.92 Å². The zero-order valence-electron chi connectivity index (χ0n) is 10.3. The van der Waals surface area contributed by atoms with Crippen molar-refractivity contribution in [3.63, 3.8) is 0 Å². The van der Waals surface area contributed by atoms with Gasteiger partial charge in [0.1, 0.15) is 10.2 Å². The third-order valence-electron chi connectivity index (χ3n) is 3.69. The maximum atomic E-state index is 13.7. The number of halogens is 3. The summed E-state index contributed by atoms with van der Waals surface area (Å²) in [6, 6.07) is 6.76. The van der Waals surface area contributed by atoms with Crippen LogP contribution in [0.1, 0.15) is 24.8 Å². The Balaban J connectivity index is 1.75. The van der Waals surface area contributed by atoms with E-state index < -0.39 is 4.33 Å². The average Bonchev–Trinajstić information content (AvgIpc) is 3.25. The molecule has 0 bridgehead atoms. The molecule has 1 aromatic rings. The molecular weight excluding hydrogens is 288 g/mol. The number of carbonyl (C=O) groups is 1. The average molecular weight is 302 g/mol. The highest BCUT2D eigenvalue weighted by Gasteiger charge is 2.58. The number of hydrogen-bond donors (Lipinski definition) is 0. The Labute approximate surface area is 121 Å². The normalized spacial score (nSPS) is 24.1. The third-order valence-corrected chi connectivity index (χ3v) is 4.53. The summed E-state index contributed by atoms with van der Waals surface area (Å²) in [6.45, 7) is 0.302. The van der Waals surface area contributed by atoms with Crippen LogP contribution in [0.15, 0.2) is 24.3 Å². The summed E-state index contributed by atoms with van der Waals surface area (Å²) in [5.74, 6) is -0.654. The molecule has 1 unspecified atom stereocenters. The van der Waals surface area contributed by atoms with Crippen molar-refractivity contribution in [1.29, 1.82) is 0 Å². The molecule has 3 rings (SSSR count). The van der Waals surface area contributed by atoms with E-state index in [1.165, 1.54) is 6.07 Å². The van der Waals surface area contributed by atoms with Crippen LogP contribution in [0.4, 0.5) is 4.39 Å². The van der Waals surface area contributed by atoms with Gasteiger partial charge in [0.25, 0.3) is 0 Å². The molecule has 2 aliphatic rings. The molecule has 0 radical (unpaired) electrons. The molecule has 102 valence electrons. The molecule has 0 aromatic heterocycles. The van der Waals surface area contributed by atoms with Crippen LogP contribution >= 0.6 is 23.2 Å². The molecular formula is C14H14Cl2FNO. The Kier molecular flexibility index (Phi) is 3.22. The number of rotatable bonds is 4. The van der Waals surface area contributed by atoms with E-state index in [1.54, 1.807) is 23.1 Å². The van der Waals surface area contributed by atoms with E-state index in [-0.39, 0.29) is 23.7 Å². The number of nitrogens with zero attached hydrogens (tertiary/aromatic N) is 1. The van der Waals surface area contributed by atoms with Gasteiger partial charge in [-0.05, 0) is 25.3 Å². The van der Waals surface area contributed by atoms with Gasteiger partial charge in [-0.25, -0.2) is 4.39 Å². The topological polar surface area (TPSA) is 20.3 Å². The molecule has 0 aliphatic heterocycles. The fourth-order valence-corrected chi connectivity index (χ4v) is 2.76. The first kappa shape index (κ1) is 13.2. The summed E-state index contributed by atoms with van der Waals surface area (Å²) in [6.07, 6.45) is 2.45. The largest absolute Gasteiger partial charge is 0.335 e. The van der Waals surface area contributed by atoms with E-state index in [4.69, 9.17) is 23.2 Å². The minimum atomic E-state index is -0.917. The molecule has 2 nitrogen and oxygen atoms in total. The van der Waals surface area contributed by atoms with E-state index in [2.05, 4.69) is 0 Å². The number of carbonyl (C=O) groups excluding carboxylic acids is 1. The van der Waals surface area contributed by atoms with E-state index in [9.17, 15) is 9.18 Å². The monoisotopic (exact) mass is 301 g/mol. The lowest BCUT2D eigenvalue weighted by molar-refractivity contribution is -0.133. The molecule has 1 atom stereocenters. The van der Waals surface area contributed by atoms with Gasteiger partial charge in [-0.2, -0.15) is 0 Å². The minimum Gasteiger partial charge on any atom is -0.335 e. The highest BCUT2D eigenvalue weighted by Crippen LogP contribution is 2.54. The van der Waals surface area contributed by atoms with Crippen LogP contribution in [0, 0.1) is 11.7 Å². The Morgan fingerprint density at radius 2 is 2.00 bits per heavy atom. The lowest BCUT2D eigenvalue weighted by Crippen LogP contribution is -2.35. The fourth-order valence-electron chi connectivity index (χ4n) is 2.26. The van der Waals surface area contributed by atoms with Gasteiger partial charge < -0.3 is 4.90 Å². The summed E-state index contributed by atoms with van der Waals surface area (Å²) in [5, 5.41) is 0. The van der Waals surface area contributed by atoms with Crippen molar-refractivity contribution in [2.24, 2.45) is 5.92 Å². The van der Waals surface area contributed by atoms with Crippen LogP contribution in [-0.2, 0) is 11.3 Å². The van der Waals surface area contributed by atoms with Gasteiger partial charge in [0.15, 0.2) is 0 Å². The molecule has 0 spiro atoms. The number of amides is 1. The Morgan fingerprint density at radius 1 is 1.37 bits per heavy atom. The molecule has 2 fully saturated rings. The first-order valence-corrected chi connectivity index (χ1v) is 7.16. The van der Waals surface area contributed by atoms with E-state index in [0.717, 1.165) is 12.8 Å². The van der Waals surface area contributed by atoms with Crippen molar-refractivity contribution < 1.29 is 9.18 Å². The van der Waals surface area contributed by atoms with Crippen molar-refractivity contribution in [2.75, 3.05) is 0 Å². The predicted octanol–water partition coefficient (Wildman–Crippen LogP) is 3.51. The standard InChI is InChI=1S/C14H14Cl2FNO/c15-14(16)7-11(14)13(19)18(10-5-6-10)8-9-3-1-2-4-12(9)17/h1-4,10-11H,5-8H2. The van der Waals surface area contributed by atoms with Crippen LogP contribution in [0.5, 0.6) is 0 Å². The lowest BCUT2D eigenvalue weighted by Gasteiger charge is -2.23. The smallest absolute Gasteiger partial charge is 0.229 e. The lowest BCUT2D eigenvalue weighted by atomic mass is 10.2. The van der Waals surface area contributed by atoms with Crippen LogP contribution in [-0.4, -0.2) is 21.2 Å². The van der Waals surface area contributed by atoms with Crippen molar-refractivity contribution in [3.05, 3.63) is 35.6 Å². The van der Waals surface area contributed by atoms with Crippen molar-refractivity contribution in [3.8, 4) is 0 Å². The summed E-state index contributed by atoms with van der Waals surface area (Å²) in [4.78, 5) is 14.1. The summed E-state index contributed by atoms with van der Waals surface area (Å²) < 4.78 is 12.8. The van der Waals surface area contributed by atoms with E-state index in [1.807, 2.05) is 0 Å². The summed E-state index contributed by atoms with van der Waals surface area (Å²) in [5.41, 5.74) is 0.540. The van der Waals surface area contributed by atoms with Crippen molar-refractivity contribution >= 4 is 29.1 Å². The number of alkyl halides is 2.